The maximum Gasteiger partial charge on any atom is 0.252 e. The van der Waals surface area contributed by atoms with Crippen LogP contribution in [0.15, 0.2) is 18.2 Å². The summed E-state index contributed by atoms with van der Waals surface area (Å²) in [5.74, 6) is 5.26. The number of rotatable bonds is 4. The molecule has 0 saturated heterocycles. The third kappa shape index (κ3) is 4.75. The zero-order chi connectivity index (χ0) is 15.0. The Bertz CT molecular complexity index is 556. The van der Waals surface area contributed by atoms with E-state index in [1.54, 1.807) is 19.2 Å². The zero-order valence-electron chi connectivity index (χ0n) is 11.7. The van der Waals surface area contributed by atoms with Gasteiger partial charge in [-0.05, 0) is 19.1 Å². The van der Waals surface area contributed by atoms with Crippen molar-refractivity contribution in [3.05, 3.63) is 34.9 Å². The van der Waals surface area contributed by atoms with Gasteiger partial charge < -0.3 is 16.4 Å². The third-order valence-corrected chi connectivity index (χ3v) is 2.66. The first kappa shape index (κ1) is 15.7. The molecule has 0 aliphatic rings. The molecule has 0 bridgehead atoms. The number of nitrogens with two attached hydrogens (primary N) is 1. The summed E-state index contributed by atoms with van der Waals surface area (Å²) in [5, 5.41) is 5.21. The molecular formula is C15H19N3O2. The summed E-state index contributed by atoms with van der Waals surface area (Å²) in [6, 6.07) is 5.46. The highest BCUT2D eigenvalue weighted by Crippen LogP contribution is 2.10. The van der Waals surface area contributed by atoms with Crippen LogP contribution in [0.4, 0.5) is 0 Å². The minimum atomic E-state index is -0.237. The van der Waals surface area contributed by atoms with Crippen LogP contribution in [0.25, 0.3) is 0 Å². The van der Waals surface area contributed by atoms with Gasteiger partial charge in [-0.3, -0.25) is 9.59 Å². The van der Waals surface area contributed by atoms with Crippen molar-refractivity contribution in [1.82, 2.24) is 10.6 Å². The average molecular weight is 273 g/mol. The summed E-state index contributed by atoms with van der Waals surface area (Å²) >= 11 is 0. The maximum absolute atomic E-state index is 12.1. The predicted molar refractivity (Wildman–Crippen MR) is 78.1 cm³/mol. The smallest absolute Gasteiger partial charge is 0.252 e. The van der Waals surface area contributed by atoms with E-state index in [2.05, 4.69) is 22.5 Å². The van der Waals surface area contributed by atoms with Crippen molar-refractivity contribution in [3.63, 3.8) is 0 Å². The van der Waals surface area contributed by atoms with E-state index in [1.165, 1.54) is 0 Å². The fraction of sp³-hybridized carbons (Fsp3) is 0.333. The number of aryl methyl sites for hydroxylation is 1. The van der Waals surface area contributed by atoms with E-state index in [1.807, 2.05) is 13.0 Å². The van der Waals surface area contributed by atoms with Crippen LogP contribution >= 0.6 is 0 Å². The second kappa shape index (κ2) is 7.97. The number of benzene rings is 1. The van der Waals surface area contributed by atoms with Gasteiger partial charge >= 0.3 is 0 Å². The first-order valence-corrected chi connectivity index (χ1v) is 6.37. The number of carbonyl (C=O) groups excluding carboxylic acids is 2. The summed E-state index contributed by atoms with van der Waals surface area (Å²) in [4.78, 5) is 23.2. The lowest BCUT2D eigenvalue weighted by Gasteiger charge is -2.07. The molecule has 0 saturated carbocycles. The Morgan fingerprint density at radius 2 is 2.10 bits per heavy atom. The van der Waals surface area contributed by atoms with Gasteiger partial charge in [0.25, 0.3) is 5.91 Å². The number of hydrogen-bond donors (Lipinski definition) is 3. The van der Waals surface area contributed by atoms with Crippen LogP contribution in [0.2, 0.25) is 0 Å². The van der Waals surface area contributed by atoms with Crippen LogP contribution in [-0.4, -0.2) is 32.0 Å². The molecule has 0 fully saturated rings. The van der Waals surface area contributed by atoms with Crippen LogP contribution in [0.3, 0.4) is 0 Å². The van der Waals surface area contributed by atoms with Gasteiger partial charge in [-0.15, -0.1) is 0 Å². The Morgan fingerprint density at radius 1 is 1.35 bits per heavy atom. The lowest BCUT2D eigenvalue weighted by molar-refractivity contribution is -0.120. The molecule has 0 spiro atoms. The Morgan fingerprint density at radius 3 is 2.75 bits per heavy atom. The molecule has 1 rings (SSSR count). The van der Waals surface area contributed by atoms with Gasteiger partial charge in [-0.25, -0.2) is 0 Å². The summed E-state index contributed by atoms with van der Waals surface area (Å²) in [7, 11) is 1.56. The fourth-order valence-corrected chi connectivity index (χ4v) is 1.61. The zero-order valence-corrected chi connectivity index (χ0v) is 11.7. The first-order valence-electron chi connectivity index (χ1n) is 6.37. The van der Waals surface area contributed by atoms with Gasteiger partial charge in [0.05, 0.1) is 12.1 Å². The Labute approximate surface area is 118 Å². The summed E-state index contributed by atoms with van der Waals surface area (Å²) in [6.07, 6.45) is 0.248. The average Bonchev–Trinajstić information content (AvgIpc) is 2.45. The molecule has 0 aliphatic heterocycles. The largest absolute Gasteiger partial charge is 0.359 e. The number of amides is 2. The van der Waals surface area contributed by atoms with Gasteiger partial charge in [0.2, 0.25) is 5.91 Å². The van der Waals surface area contributed by atoms with Gasteiger partial charge in [0.1, 0.15) is 0 Å². The van der Waals surface area contributed by atoms with Gasteiger partial charge in [-0.2, -0.15) is 0 Å². The van der Waals surface area contributed by atoms with Crippen molar-refractivity contribution in [2.45, 2.75) is 13.3 Å². The highest BCUT2D eigenvalue weighted by atomic mass is 16.2. The Kier molecular flexibility index (Phi) is 6.27. The van der Waals surface area contributed by atoms with Crippen molar-refractivity contribution in [1.29, 1.82) is 0 Å². The van der Waals surface area contributed by atoms with Crippen molar-refractivity contribution >= 4 is 11.8 Å². The summed E-state index contributed by atoms with van der Waals surface area (Å²) in [6.45, 7) is 2.43. The molecule has 5 heteroatoms. The van der Waals surface area contributed by atoms with Crippen molar-refractivity contribution < 1.29 is 9.59 Å². The molecule has 1 aromatic carbocycles. The molecule has 5 nitrogen and oxygen atoms in total. The minimum absolute atomic E-state index is 0.113. The lowest BCUT2D eigenvalue weighted by Crippen LogP contribution is -2.29. The van der Waals surface area contributed by atoms with E-state index in [9.17, 15) is 9.59 Å². The SMILES string of the molecule is CNC(=O)CCNC(=O)c1cc(C)ccc1C#CCN. The molecule has 0 aromatic heterocycles. The maximum atomic E-state index is 12.1. The van der Waals surface area contributed by atoms with E-state index >= 15 is 0 Å². The van der Waals surface area contributed by atoms with Crippen LogP contribution in [0.5, 0.6) is 0 Å². The van der Waals surface area contributed by atoms with E-state index in [4.69, 9.17) is 5.73 Å². The molecule has 0 unspecified atom stereocenters. The molecule has 0 atom stereocenters. The molecule has 20 heavy (non-hydrogen) atoms. The molecule has 0 heterocycles. The van der Waals surface area contributed by atoms with Crippen molar-refractivity contribution in [3.8, 4) is 11.8 Å². The second-order valence-corrected chi connectivity index (χ2v) is 4.23. The molecule has 2 amide bonds. The second-order valence-electron chi connectivity index (χ2n) is 4.23. The number of nitrogens with one attached hydrogen (secondary N) is 2. The molecule has 4 N–H and O–H groups in total. The third-order valence-electron chi connectivity index (χ3n) is 2.66. The van der Waals surface area contributed by atoms with Crippen molar-refractivity contribution in [2.75, 3.05) is 20.1 Å². The lowest BCUT2D eigenvalue weighted by atomic mass is 10.0. The minimum Gasteiger partial charge on any atom is -0.359 e. The van der Waals surface area contributed by atoms with Crippen molar-refractivity contribution in [2.24, 2.45) is 5.73 Å². The Hall–Kier alpha value is -2.32. The van der Waals surface area contributed by atoms with Gasteiger partial charge in [0.15, 0.2) is 0 Å². The summed E-state index contributed by atoms with van der Waals surface area (Å²) in [5.41, 5.74) is 7.45. The summed E-state index contributed by atoms with van der Waals surface area (Å²) < 4.78 is 0. The number of carbonyl (C=O) groups is 2. The predicted octanol–water partition coefficient (Wildman–Crippen LogP) is 0.171. The first-order chi connectivity index (χ1) is 9.58. The van der Waals surface area contributed by atoms with Crippen LogP contribution in [0, 0.1) is 18.8 Å². The normalized spacial score (nSPS) is 9.35. The highest BCUT2D eigenvalue weighted by molar-refractivity contribution is 5.97. The van der Waals surface area contributed by atoms with E-state index in [-0.39, 0.29) is 31.3 Å². The topological polar surface area (TPSA) is 84.2 Å². The highest BCUT2D eigenvalue weighted by Gasteiger charge is 2.10. The molecule has 0 radical (unpaired) electrons. The Balaban J connectivity index is 2.80. The van der Waals surface area contributed by atoms with Crippen LogP contribution in [-0.2, 0) is 4.79 Å². The molecule has 106 valence electrons. The monoisotopic (exact) mass is 273 g/mol. The molecule has 1 aromatic rings. The van der Waals surface area contributed by atoms with E-state index in [0.29, 0.717) is 11.1 Å². The van der Waals surface area contributed by atoms with E-state index in [0.717, 1.165) is 5.56 Å². The van der Waals surface area contributed by atoms with Gasteiger partial charge in [-0.1, -0.05) is 23.5 Å². The molecular weight excluding hydrogens is 254 g/mol. The quantitative estimate of drug-likeness (QED) is 0.684. The molecule has 0 aliphatic carbocycles. The van der Waals surface area contributed by atoms with E-state index < -0.39 is 0 Å². The number of hydrogen-bond acceptors (Lipinski definition) is 3. The van der Waals surface area contributed by atoms with Crippen LogP contribution < -0.4 is 16.4 Å². The standard InChI is InChI=1S/C15H19N3O2/c1-11-5-6-12(4-3-8-16)13(10-11)15(20)18-9-7-14(19)17-2/h5-6,10H,7-9,16H2,1-2H3,(H,17,19)(H,18,20). The fourth-order valence-electron chi connectivity index (χ4n) is 1.61. The van der Waals surface area contributed by atoms with Crippen LogP contribution in [0.1, 0.15) is 27.9 Å². The van der Waals surface area contributed by atoms with Gasteiger partial charge in [0, 0.05) is 25.6 Å².